The van der Waals surface area contributed by atoms with Gasteiger partial charge in [-0.1, -0.05) is 0 Å². The molecule has 0 amide bonds. The summed E-state index contributed by atoms with van der Waals surface area (Å²) >= 11 is 0. The fraction of sp³-hybridized carbons (Fsp3) is 0.933. The van der Waals surface area contributed by atoms with Crippen LogP contribution < -0.4 is 5.73 Å². The highest BCUT2D eigenvalue weighted by molar-refractivity contribution is 5.00. The molecule has 4 heteroatoms. The number of piperazine rings is 1. The van der Waals surface area contributed by atoms with Crippen LogP contribution in [0.25, 0.3) is 0 Å². The molecule has 1 unspecified atom stereocenters. The lowest BCUT2D eigenvalue weighted by atomic mass is 9.98. The SMILES string of the molecule is CC(N)(C#N)CCCCN1CCN(C(C)(C)C)CC1. The fourth-order valence-corrected chi connectivity index (χ4v) is 2.53. The monoisotopic (exact) mass is 266 g/mol. The summed E-state index contributed by atoms with van der Waals surface area (Å²) in [7, 11) is 0. The van der Waals surface area contributed by atoms with Crippen molar-refractivity contribution in [1.82, 2.24) is 9.80 Å². The molecule has 1 rings (SSSR count). The summed E-state index contributed by atoms with van der Waals surface area (Å²) in [6, 6.07) is 2.16. The van der Waals surface area contributed by atoms with E-state index in [1.165, 1.54) is 0 Å². The second kappa shape index (κ2) is 6.69. The number of unbranched alkanes of at least 4 members (excludes halogenated alkanes) is 1. The first-order chi connectivity index (χ1) is 8.74. The number of hydrogen-bond acceptors (Lipinski definition) is 4. The highest BCUT2D eigenvalue weighted by Crippen LogP contribution is 2.16. The van der Waals surface area contributed by atoms with E-state index in [1.54, 1.807) is 0 Å². The molecule has 1 aliphatic rings. The van der Waals surface area contributed by atoms with E-state index in [2.05, 4.69) is 36.6 Å². The zero-order valence-electron chi connectivity index (χ0n) is 13.1. The molecule has 1 saturated heterocycles. The molecule has 4 nitrogen and oxygen atoms in total. The van der Waals surface area contributed by atoms with E-state index in [0.29, 0.717) is 5.54 Å². The van der Waals surface area contributed by atoms with Gasteiger partial charge in [-0.05, 0) is 53.5 Å². The van der Waals surface area contributed by atoms with Crippen LogP contribution in [0, 0.1) is 11.3 Å². The standard InChI is InChI=1S/C15H30N4/c1-14(2,3)19-11-9-18(10-12-19)8-6-5-7-15(4,17)13-16/h5-12,17H2,1-4H3. The average Bonchev–Trinajstić information content (AvgIpc) is 2.34. The van der Waals surface area contributed by atoms with E-state index >= 15 is 0 Å². The summed E-state index contributed by atoms with van der Waals surface area (Å²) in [5.41, 5.74) is 5.46. The molecule has 0 bridgehead atoms. The quantitative estimate of drug-likeness (QED) is 0.771. The maximum atomic E-state index is 8.86. The molecule has 0 aliphatic carbocycles. The third-order valence-corrected chi connectivity index (χ3v) is 4.00. The minimum absolute atomic E-state index is 0.292. The van der Waals surface area contributed by atoms with Crippen LogP contribution in [-0.2, 0) is 0 Å². The van der Waals surface area contributed by atoms with Crippen LogP contribution in [0.5, 0.6) is 0 Å². The van der Waals surface area contributed by atoms with Gasteiger partial charge < -0.3 is 10.6 Å². The Morgan fingerprint density at radius 3 is 2.11 bits per heavy atom. The van der Waals surface area contributed by atoms with Gasteiger partial charge >= 0.3 is 0 Å². The summed E-state index contributed by atoms with van der Waals surface area (Å²) in [5.74, 6) is 0. The summed E-state index contributed by atoms with van der Waals surface area (Å²) in [4.78, 5) is 5.08. The maximum Gasteiger partial charge on any atom is 0.101 e. The van der Waals surface area contributed by atoms with Crippen molar-refractivity contribution < 1.29 is 0 Å². The van der Waals surface area contributed by atoms with Gasteiger partial charge in [0, 0.05) is 31.7 Å². The Bertz CT molecular complexity index is 303. The molecule has 19 heavy (non-hydrogen) atoms. The second-order valence-corrected chi connectivity index (χ2v) is 6.99. The zero-order valence-corrected chi connectivity index (χ0v) is 13.1. The van der Waals surface area contributed by atoms with Crippen molar-refractivity contribution in [2.75, 3.05) is 32.7 Å². The molecule has 0 radical (unpaired) electrons. The van der Waals surface area contributed by atoms with Crippen molar-refractivity contribution in [3.63, 3.8) is 0 Å². The Balaban J connectivity index is 2.16. The van der Waals surface area contributed by atoms with Crippen LogP contribution in [0.1, 0.15) is 47.0 Å². The topological polar surface area (TPSA) is 56.3 Å². The van der Waals surface area contributed by atoms with Gasteiger partial charge in [0.05, 0.1) is 6.07 Å². The Labute approximate surface area is 118 Å². The molecule has 1 fully saturated rings. The third-order valence-electron chi connectivity index (χ3n) is 4.00. The van der Waals surface area contributed by atoms with E-state index < -0.39 is 5.54 Å². The van der Waals surface area contributed by atoms with Gasteiger partial charge in [0.15, 0.2) is 0 Å². The Kier molecular flexibility index (Phi) is 5.79. The highest BCUT2D eigenvalue weighted by atomic mass is 15.3. The Morgan fingerprint density at radius 2 is 1.63 bits per heavy atom. The van der Waals surface area contributed by atoms with E-state index in [0.717, 1.165) is 52.0 Å². The predicted molar refractivity (Wildman–Crippen MR) is 79.8 cm³/mol. The molecule has 0 aromatic rings. The molecule has 1 heterocycles. The molecule has 0 aromatic carbocycles. The van der Waals surface area contributed by atoms with Gasteiger partial charge in [-0.2, -0.15) is 5.26 Å². The molecule has 2 N–H and O–H groups in total. The van der Waals surface area contributed by atoms with Gasteiger partial charge in [-0.15, -0.1) is 0 Å². The van der Waals surface area contributed by atoms with Crippen molar-refractivity contribution in [2.45, 2.75) is 58.0 Å². The van der Waals surface area contributed by atoms with Crippen LogP contribution in [0.4, 0.5) is 0 Å². The van der Waals surface area contributed by atoms with E-state index in [1.807, 2.05) is 6.92 Å². The number of nitrogens with zero attached hydrogens (tertiary/aromatic N) is 3. The zero-order chi connectivity index (χ0) is 14.5. The van der Waals surface area contributed by atoms with Crippen molar-refractivity contribution in [3.05, 3.63) is 0 Å². The smallest absolute Gasteiger partial charge is 0.101 e. The first kappa shape index (κ1) is 16.4. The Morgan fingerprint density at radius 1 is 1.05 bits per heavy atom. The lowest BCUT2D eigenvalue weighted by Gasteiger charge is -2.42. The lowest BCUT2D eigenvalue weighted by Crippen LogP contribution is -2.53. The van der Waals surface area contributed by atoms with Crippen LogP contribution in [0.2, 0.25) is 0 Å². The van der Waals surface area contributed by atoms with Gasteiger partial charge in [-0.25, -0.2) is 0 Å². The largest absolute Gasteiger partial charge is 0.314 e. The summed E-state index contributed by atoms with van der Waals surface area (Å²) < 4.78 is 0. The first-order valence-electron chi connectivity index (χ1n) is 7.42. The number of rotatable bonds is 5. The van der Waals surface area contributed by atoms with Crippen LogP contribution in [-0.4, -0.2) is 53.6 Å². The first-order valence-corrected chi connectivity index (χ1v) is 7.42. The van der Waals surface area contributed by atoms with E-state index in [-0.39, 0.29) is 0 Å². The Hall–Kier alpha value is -0.630. The molecule has 110 valence electrons. The minimum Gasteiger partial charge on any atom is -0.314 e. The second-order valence-electron chi connectivity index (χ2n) is 6.99. The van der Waals surface area contributed by atoms with Crippen molar-refractivity contribution in [3.8, 4) is 6.07 Å². The average molecular weight is 266 g/mol. The fourth-order valence-electron chi connectivity index (χ4n) is 2.53. The highest BCUT2D eigenvalue weighted by Gasteiger charge is 2.25. The van der Waals surface area contributed by atoms with E-state index in [9.17, 15) is 0 Å². The molecule has 1 aliphatic heterocycles. The molecule has 1 atom stereocenters. The van der Waals surface area contributed by atoms with Crippen LogP contribution in [0.15, 0.2) is 0 Å². The third kappa shape index (κ3) is 5.90. The van der Waals surface area contributed by atoms with Gasteiger partial charge in [-0.3, -0.25) is 4.90 Å². The molecular weight excluding hydrogens is 236 g/mol. The normalized spacial score (nSPS) is 21.9. The van der Waals surface area contributed by atoms with Crippen molar-refractivity contribution in [1.29, 1.82) is 5.26 Å². The lowest BCUT2D eigenvalue weighted by molar-refractivity contribution is 0.0615. The molecule has 0 spiro atoms. The van der Waals surface area contributed by atoms with E-state index in [4.69, 9.17) is 11.0 Å². The maximum absolute atomic E-state index is 8.86. The number of nitriles is 1. The van der Waals surface area contributed by atoms with Crippen LogP contribution >= 0.6 is 0 Å². The number of hydrogen-bond donors (Lipinski definition) is 1. The molecule has 0 aromatic heterocycles. The summed E-state index contributed by atoms with van der Waals surface area (Å²) in [5, 5.41) is 8.86. The number of nitrogens with two attached hydrogens (primary N) is 1. The summed E-state index contributed by atoms with van der Waals surface area (Å²) in [6.45, 7) is 14.5. The molecule has 0 saturated carbocycles. The van der Waals surface area contributed by atoms with Crippen LogP contribution in [0.3, 0.4) is 0 Å². The predicted octanol–water partition coefficient (Wildman–Crippen LogP) is 1.81. The van der Waals surface area contributed by atoms with Gasteiger partial charge in [0.25, 0.3) is 0 Å². The van der Waals surface area contributed by atoms with Crippen molar-refractivity contribution >= 4 is 0 Å². The van der Waals surface area contributed by atoms with Gasteiger partial charge in [0.1, 0.15) is 5.54 Å². The summed E-state index contributed by atoms with van der Waals surface area (Å²) in [6.07, 6.45) is 2.98. The van der Waals surface area contributed by atoms with Crippen molar-refractivity contribution in [2.24, 2.45) is 5.73 Å². The molecular formula is C15H30N4. The van der Waals surface area contributed by atoms with Gasteiger partial charge in [0.2, 0.25) is 0 Å². The minimum atomic E-state index is -0.648.